The van der Waals surface area contributed by atoms with E-state index in [1.807, 2.05) is 32.0 Å². The van der Waals surface area contributed by atoms with Crippen molar-refractivity contribution in [1.82, 2.24) is 20.1 Å². The number of likely N-dealkylation sites (tertiary alicyclic amines) is 1. The zero-order chi connectivity index (χ0) is 39.6. The van der Waals surface area contributed by atoms with Gasteiger partial charge in [0.25, 0.3) is 5.91 Å². The number of nitrogens with one attached hydrogen (secondary N) is 2. The van der Waals surface area contributed by atoms with Gasteiger partial charge >= 0.3 is 6.18 Å². The molecule has 1 aromatic heterocycles. The molecule has 0 saturated carbocycles. The van der Waals surface area contributed by atoms with Crippen molar-refractivity contribution in [1.29, 1.82) is 0 Å². The molecular formula is C42H52F3N7O4. The van der Waals surface area contributed by atoms with Crippen LogP contribution in [0.15, 0.2) is 54.7 Å². The molecule has 11 nitrogen and oxygen atoms in total. The molecular weight excluding hydrogens is 724 g/mol. The summed E-state index contributed by atoms with van der Waals surface area (Å²) in [6.45, 7) is 9.22. The average molecular weight is 776 g/mol. The molecule has 2 aromatic carbocycles. The number of piperidine rings is 3. The van der Waals surface area contributed by atoms with Gasteiger partial charge in [0.1, 0.15) is 24.2 Å². The van der Waals surface area contributed by atoms with E-state index in [0.29, 0.717) is 53.7 Å². The van der Waals surface area contributed by atoms with Crippen molar-refractivity contribution >= 4 is 29.2 Å². The van der Waals surface area contributed by atoms with E-state index < -0.39 is 23.7 Å². The summed E-state index contributed by atoms with van der Waals surface area (Å²) in [7, 11) is 0. The van der Waals surface area contributed by atoms with Crippen LogP contribution in [-0.2, 0) is 22.3 Å². The van der Waals surface area contributed by atoms with Crippen LogP contribution in [0.1, 0.15) is 80.3 Å². The standard InChI is InChI=1S/C42H52F3N7O4/c1-26(2)19-31(46)25-56-37-7-3-28(21-35(37)42(43,44)45)29-9-14-47-38(22-29)48-32-12-15-50(16-13-32)23-27-10-17-51(18-11-27)33-4-5-34-30(20-33)24-52(41(34)55)36-6-8-39(53)49-40(36)54/h3-5,7,9,14,20-22,26-27,31-32,36H,6,8,10-13,15-19,23-25,46H2,1-2H3,(H,47,48)(H,49,53,54)/t31-,36?/m0/s1. The Morgan fingerprint density at radius 3 is 2.41 bits per heavy atom. The van der Waals surface area contributed by atoms with Gasteiger partial charge in [-0.05, 0) is 110 Å². The third-order valence-electron chi connectivity index (χ3n) is 11.5. The van der Waals surface area contributed by atoms with Crippen LogP contribution in [-0.4, -0.2) is 90.0 Å². The summed E-state index contributed by atoms with van der Waals surface area (Å²) in [4.78, 5) is 48.1. The summed E-state index contributed by atoms with van der Waals surface area (Å²) < 4.78 is 47.8. The van der Waals surface area contributed by atoms with Gasteiger partial charge in [0.05, 0.1) is 5.56 Å². The Labute approximate surface area is 326 Å². The second-order valence-electron chi connectivity index (χ2n) is 16.2. The average Bonchev–Trinajstić information content (AvgIpc) is 3.49. The molecule has 4 aliphatic heterocycles. The van der Waals surface area contributed by atoms with Gasteiger partial charge in [-0.15, -0.1) is 0 Å². The molecule has 4 N–H and O–H groups in total. The molecule has 5 heterocycles. The van der Waals surface area contributed by atoms with Crippen molar-refractivity contribution in [3.63, 3.8) is 0 Å². The highest BCUT2D eigenvalue weighted by Gasteiger charge is 2.39. The highest BCUT2D eigenvalue weighted by Crippen LogP contribution is 2.39. The molecule has 3 amide bonds. The Hall–Kier alpha value is -4.69. The van der Waals surface area contributed by atoms with Gasteiger partial charge in [-0.1, -0.05) is 19.9 Å². The number of aromatic nitrogens is 1. The van der Waals surface area contributed by atoms with Crippen LogP contribution >= 0.6 is 0 Å². The van der Waals surface area contributed by atoms with Crippen molar-refractivity contribution in [3.8, 4) is 16.9 Å². The lowest BCUT2D eigenvalue weighted by atomic mass is 9.94. The van der Waals surface area contributed by atoms with Crippen LogP contribution in [0.3, 0.4) is 0 Å². The number of carbonyl (C=O) groups is 3. The zero-order valence-electron chi connectivity index (χ0n) is 32.1. The summed E-state index contributed by atoms with van der Waals surface area (Å²) in [6.07, 6.45) is 2.32. The monoisotopic (exact) mass is 775 g/mol. The maximum Gasteiger partial charge on any atom is 0.419 e. The van der Waals surface area contributed by atoms with Crippen LogP contribution < -0.4 is 26.0 Å². The molecule has 3 aromatic rings. The third-order valence-corrected chi connectivity index (χ3v) is 11.5. The first-order valence-corrected chi connectivity index (χ1v) is 19.9. The first-order chi connectivity index (χ1) is 26.8. The minimum Gasteiger partial charge on any atom is -0.491 e. The third kappa shape index (κ3) is 9.29. The number of hydrogen-bond acceptors (Lipinski definition) is 9. The number of nitrogens with zero attached hydrogens (tertiary/aromatic N) is 4. The van der Waals surface area contributed by atoms with Crippen molar-refractivity contribution < 1.29 is 32.3 Å². The number of halogens is 3. The van der Waals surface area contributed by atoms with Crippen molar-refractivity contribution in [2.45, 2.75) is 89.6 Å². The van der Waals surface area contributed by atoms with Gasteiger partial charge in [-0.3, -0.25) is 19.7 Å². The van der Waals surface area contributed by atoms with Crippen LogP contribution in [0.5, 0.6) is 5.75 Å². The molecule has 300 valence electrons. The SMILES string of the molecule is CC(C)C[C@H](N)COc1ccc(-c2ccnc(NC3CCN(CC4CCN(c5ccc6c(c5)CN(C5CCC(=O)NC5=O)C6=O)CC4)CC3)c2)cc1C(F)(F)F. The van der Waals surface area contributed by atoms with E-state index in [0.717, 1.165) is 75.7 Å². The van der Waals surface area contributed by atoms with E-state index in [-0.39, 0.29) is 42.7 Å². The number of amides is 3. The van der Waals surface area contributed by atoms with Gasteiger partial charge in [-0.25, -0.2) is 4.98 Å². The van der Waals surface area contributed by atoms with E-state index in [4.69, 9.17) is 10.5 Å². The molecule has 56 heavy (non-hydrogen) atoms. The smallest absolute Gasteiger partial charge is 0.419 e. The van der Waals surface area contributed by atoms with Crippen LogP contribution in [0.4, 0.5) is 24.7 Å². The summed E-state index contributed by atoms with van der Waals surface area (Å²) >= 11 is 0. The highest BCUT2D eigenvalue weighted by atomic mass is 19.4. The van der Waals surface area contributed by atoms with Gasteiger partial charge in [0.2, 0.25) is 11.8 Å². The second kappa shape index (κ2) is 16.8. The van der Waals surface area contributed by atoms with Gasteiger partial charge in [0, 0.05) is 75.2 Å². The van der Waals surface area contributed by atoms with Crippen molar-refractivity contribution in [2.75, 3.05) is 49.5 Å². The summed E-state index contributed by atoms with van der Waals surface area (Å²) in [5, 5.41) is 5.89. The zero-order valence-corrected chi connectivity index (χ0v) is 32.1. The molecule has 3 saturated heterocycles. The molecule has 0 bridgehead atoms. The number of nitrogens with two attached hydrogens (primary N) is 1. The normalized spacial score (nSPS) is 20.7. The number of imide groups is 1. The second-order valence-corrected chi connectivity index (χ2v) is 16.2. The molecule has 2 atom stereocenters. The molecule has 0 spiro atoms. The number of pyridine rings is 1. The Morgan fingerprint density at radius 1 is 0.946 bits per heavy atom. The topological polar surface area (TPSA) is 133 Å². The summed E-state index contributed by atoms with van der Waals surface area (Å²) in [5.74, 6) is 0.482. The van der Waals surface area contributed by atoms with Gasteiger partial charge < -0.3 is 30.5 Å². The summed E-state index contributed by atoms with van der Waals surface area (Å²) in [6, 6.07) is 12.9. The predicted octanol–water partition coefficient (Wildman–Crippen LogP) is 6.07. The van der Waals surface area contributed by atoms with E-state index in [2.05, 4.69) is 31.5 Å². The van der Waals surface area contributed by atoms with E-state index in [1.165, 1.54) is 6.07 Å². The maximum atomic E-state index is 14.1. The molecule has 1 unspecified atom stereocenters. The first kappa shape index (κ1) is 39.5. The molecule has 0 aliphatic carbocycles. The lowest BCUT2D eigenvalue weighted by Crippen LogP contribution is -2.52. The van der Waals surface area contributed by atoms with Gasteiger partial charge in [-0.2, -0.15) is 13.2 Å². The van der Waals surface area contributed by atoms with Crippen LogP contribution in [0, 0.1) is 11.8 Å². The summed E-state index contributed by atoms with van der Waals surface area (Å²) in [5.41, 5.74) is 8.96. The number of hydrogen-bond donors (Lipinski definition) is 3. The number of ether oxygens (including phenoxy) is 1. The van der Waals surface area contributed by atoms with Gasteiger partial charge in [0.15, 0.2) is 0 Å². The molecule has 7 rings (SSSR count). The fourth-order valence-electron chi connectivity index (χ4n) is 8.58. The van der Waals surface area contributed by atoms with E-state index in [1.54, 1.807) is 23.2 Å². The largest absolute Gasteiger partial charge is 0.491 e. The van der Waals surface area contributed by atoms with Crippen molar-refractivity contribution in [2.24, 2.45) is 17.6 Å². The van der Waals surface area contributed by atoms with Crippen molar-refractivity contribution in [3.05, 3.63) is 71.4 Å². The lowest BCUT2D eigenvalue weighted by Gasteiger charge is -2.38. The van der Waals surface area contributed by atoms with E-state index >= 15 is 0 Å². The van der Waals surface area contributed by atoms with Crippen LogP contribution in [0.25, 0.3) is 11.1 Å². The highest BCUT2D eigenvalue weighted by molar-refractivity contribution is 6.05. The fourth-order valence-corrected chi connectivity index (χ4v) is 8.58. The van der Waals surface area contributed by atoms with E-state index in [9.17, 15) is 27.6 Å². The first-order valence-electron chi connectivity index (χ1n) is 19.9. The molecule has 4 aliphatic rings. The Kier molecular flexibility index (Phi) is 11.9. The Balaban J connectivity index is 0.875. The number of rotatable bonds is 12. The number of alkyl halides is 3. The molecule has 3 fully saturated rings. The fraction of sp³-hybridized carbons (Fsp3) is 0.524. The predicted molar refractivity (Wildman–Crippen MR) is 208 cm³/mol. The lowest BCUT2D eigenvalue weighted by molar-refractivity contribution is -0.139. The number of fused-ring (bicyclic) bond motifs is 1. The maximum absolute atomic E-state index is 14.1. The number of benzene rings is 2. The minimum atomic E-state index is -4.58. The van der Waals surface area contributed by atoms with Crippen LogP contribution in [0.2, 0.25) is 0 Å². The molecule has 14 heteroatoms. The Bertz CT molecular complexity index is 1910. The number of carbonyl (C=O) groups excluding carboxylic acids is 3. The molecule has 0 radical (unpaired) electrons. The minimum absolute atomic E-state index is 0.0137. The Morgan fingerprint density at radius 2 is 1.70 bits per heavy atom. The number of anilines is 2. The quantitative estimate of drug-likeness (QED) is 0.188.